The Morgan fingerprint density at radius 3 is 2.63 bits per heavy atom. The van der Waals surface area contributed by atoms with E-state index in [-0.39, 0.29) is 0 Å². The lowest BCUT2D eigenvalue weighted by Crippen LogP contribution is -1.87. The normalized spacial score (nSPS) is 10.6. The Kier molecular flexibility index (Phi) is 2.97. The van der Waals surface area contributed by atoms with Gasteiger partial charge in [-0.1, -0.05) is 23.4 Å². The molecular formula is C14H12N2O2S. The Balaban J connectivity index is 2.11. The van der Waals surface area contributed by atoms with Crippen LogP contribution in [0, 0.1) is 0 Å². The van der Waals surface area contributed by atoms with Gasteiger partial charge < -0.3 is 15.0 Å². The minimum Gasteiger partial charge on any atom is -0.497 e. The number of benzene rings is 1. The predicted molar refractivity (Wildman–Crippen MR) is 76.2 cm³/mol. The second kappa shape index (κ2) is 4.78. The van der Waals surface area contributed by atoms with E-state index in [0.29, 0.717) is 5.88 Å². The SMILES string of the molecule is COc1ccc(-c2c(-c3cccs3)noc2N)cc1. The fraction of sp³-hybridized carbons (Fsp3) is 0.0714. The summed E-state index contributed by atoms with van der Waals surface area (Å²) in [7, 11) is 1.64. The molecule has 0 bridgehead atoms. The molecule has 0 radical (unpaired) electrons. The van der Waals surface area contributed by atoms with Gasteiger partial charge in [-0.3, -0.25) is 0 Å². The van der Waals surface area contributed by atoms with E-state index >= 15 is 0 Å². The van der Waals surface area contributed by atoms with Crippen LogP contribution in [0.3, 0.4) is 0 Å². The molecule has 96 valence electrons. The third-order valence-electron chi connectivity index (χ3n) is 2.85. The fourth-order valence-electron chi connectivity index (χ4n) is 1.92. The molecule has 2 aromatic heterocycles. The number of methoxy groups -OCH3 is 1. The molecule has 2 heterocycles. The molecule has 0 fully saturated rings. The maximum absolute atomic E-state index is 5.89. The zero-order chi connectivity index (χ0) is 13.2. The Labute approximate surface area is 114 Å². The highest BCUT2D eigenvalue weighted by atomic mass is 32.1. The Bertz CT molecular complexity index is 672. The van der Waals surface area contributed by atoms with Crippen molar-refractivity contribution in [1.29, 1.82) is 0 Å². The van der Waals surface area contributed by atoms with Crippen LogP contribution in [0.5, 0.6) is 5.75 Å². The lowest BCUT2D eigenvalue weighted by molar-refractivity contribution is 0.415. The van der Waals surface area contributed by atoms with Crippen molar-refractivity contribution in [1.82, 2.24) is 5.16 Å². The summed E-state index contributed by atoms with van der Waals surface area (Å²) in [5, 5.41) is 6.05. The molecule has 0 aliphatic carbocycles. The van der Waals surface area contributed by atoms with Gasteiger partial charge >= 0.3 is 0 Å². The molecular weight excluding hydrogens is 260 g/mol. The van der Waals surface area contributed by atoms with Gasteiger partial charge in [-0.2, -0.15) is 0 Å². The molecule has 0 saturated carbocycles. The zero-order valence-corrected chi connectivity index (χ0v) is 11.1. The van der Waals surface area contributed by atoms with Crippen LogP contribution in [-0.4, -0.2) is 12.3 Å². The number of hydrogen-bond acceptors (Lipinski definition) is 5. The van der Waals surface area contributed by atoms with Crippen LogP contribution in [0.4, 0.5) is 5.88 Å². The van der Waals surface area contributed by atoms with Crippen LogP contribution in [0.1, 0.15) is 0 Å². The predicted octanol–water partition coefficient (Wildman–Crippen LogP) is 3.66. The van der Waals surface area contributed by atoms with Crippen molar-refractivity contribution in [3.63, 3.8) is 0 Å². The molecule has 0 aliphatic heterocycles. The Morgan fingerprint density at radius 2 is 2.00 bits per heavy atom. The first-order valence-electron chi connectivity index (χ1n) is 5.73. The van der Waals surface area contributed by atoms with Gasteiger partial charge in [0.05, 0.1) is 17.6 Å². The molecule has 3 rings (SSSR count). The molecule has 0 aliphatic rings. The summed E-state index contributed by atoms with van der Waals surface area (Å²) in [6, 6.07) is 11.6. The average molecular weight is 272 g/mol. The number of thiophene rings is 1. The quantitative estimate of drug-likeness (QED) is 0.790. The van der Waals surface area contributed by atoms with Crippen molar-refractivity contribution < 1.29 is 9.26 Å². The first kappa shape index (κ1) is 11.8. The van der Waals surface area contributed by atoms with Crippen LogP contribution in [-0.2, 0) is 0 Å². The van der Waals surface area contributed by atoms with Gasteiger partial charge in [0, 0.05) is 0 Å². The second-order valence-electron chi connectivity index (χ2n) is 3.98. The minimum atomic E-state index is 0.327. The summed E-state index contributed by atoms with van der Waals surface area (Å²) in [5.74, 6) is 1.13. The molecule has 5 heteroatoms. The van der Waals surface area contributed by atoms with Crippen molar-refractivity contribution in [2.45, 2.75) is 0 Å². The molecule has 0 atom stereocenters. The number of aromatic nitrogens is 1. The third kappa shape index (κ3) is 2.08. The van der Waals surface area contributed by atoms with Gasteiger partial charge in [0.25, 0.3) is 0 Å². The molecule has 2 N–H and O–H groups in total. The number of nitrogens with two attached hydrogens (primary N) is 1. The van der Waals surface area contributed by atoms with E-state index in [1.165, 1.54) is 0 Å². The van der Waals surface area contributed by atoms with Gasteiger partial charge in [0.2, 0.25) is 5.88 Å². The molecule has 19 heavy (non-hydrogen) atoms. The van der Waals surface area contributed by atoms with Gasteiger partial charge in [0.1, 0.15) is 11.4 Å². The molecule has 4 nitrogen and oxygen atoms in total. The Hall–Kier alpha value is -2.27. The lowest BCUT2D eigenvalue weighted by Gasteiger charge is -2.03. The molecule has 0 spiro atoms. The smallest absolute Gasteiger partial charge is 0.230 e. The van der Waals surface area contributed by atoms with Crippen molar-refractivity contribution in [3.8, 4) is 27.4 Å². The van der Waals surface area contributed by atoms with Crippen LogP contribution in [0.2, 0.25) is 0 Å². The highest BCUT2D eigenvalue weighted by Crippen LogP contribution is 2.38. The van der Waals surface area contributed by atoms with E-state index in [4.69, 9.17) is 15.0 Å². The number of nitrogen functional groups attached to an aromatic ring is 1. The van der Waals surface area contributed by atoms with Gasteiger partial charge in [-0.05, 0) is 29.1 Å². The van der Waals surface area contributed by atoms with E-state index in [2.05, 4.69) is 5.16 Å². The molecule has 3 aromatic rings. The van der Waals surface area contributed by atoms with Gasteiger partial charge in [0.15, 0.2) is 0 Å². The summed E-state index contributed by atoms with van der Waals surface area (Å²) >= 11 is 1.60. The average Bonchev–Trinajstić information content (AvgIpc) is 3.08. The minimum absolute atomic E-state index is 0.327. The topological polar surface area (TPSA) is 61.3 Å². The summed E-state index contributed by atoms with van der Waals surface area (Å²) in [5.41, 5.74) is 8.46. The van der Waals surface area contributed by atoms with E-state index in [9.17, 15) is 0 Å². The number of rotatable bonds is 3. The first-order chi connectivity index (χ1) is 9.29. The highest BCUT2D eigenvalue weighted by Gasteiger charge is 2.17. The molecule has 0 amide bonds. The van der Waals surface area contributed by atoms with E-state index < -0.39 is 0 Å². The Morgan fingerprint density at radius 1 is 1.21 bits per heavy atom. The number of hydrogen-bond donors (Lipinski definition) is 1. The third-order valence-corrected chi connectivity index (χ3v) is 3.73. The monoisotopic (exact) mass is 272 g/mol. The van der Waals surface area contributed by atoms with Crippen molar-refractivity contribution in [3.05, 3.63) is 41.8 Å². The van der Waals surface area contributed by atoms with E-state index in [1.54, 1.807) is 18.4 Å². The number of anilines is 1. The molecule has 0 unspecified atom stereocenters. The van der Waals surface area contributed by atoms with Crippen molar-refractivity contribution >= 4 is 17.2 Å². The highest BCUT2D eigenvalue weighted by molar-refractivity contribution is 7.13. The maximum Gasteiger partial charge on any atom is 0.230 e. The van der Waals surface area contributed by atoms with Crippen LogP contribution in [0.25, 0.3) is 21.7 Å². The van der Waals surface area contributed by atoms with E-state index in [1.807, 2.05) is 41.8 Å². The number of nitrogens with zero attached hydrogens (tertiary/aromatic N) is 1. The summed E-state index contributed by atoms with van der Waals surface area (Å²) in [4.78, 5) is 1.03. The van der Waals surface area contributed by atoms with Gasteiger partial charge in [-0.25, -0.2) is 0 Å². The van der Waals surface area contributed by atoms with E-state index in [0.717, 1.165) is 27.4 Å². The first-order valence-corrected chi connectivity index (χ1v) is 6.61. The maximum atomic E-state index is 5.89. The summed E-state index contributed by atoms with van der Waals surface area (Å²) in [6.07, 6.45) is 0. The van der Waals surface area contributed by atoms with Crippen molar-refractivity contribution in [2.75, 3.05) is 12.8 Å². The molecule has 0 saturated heterocycles. The largest absolute Gasteiger partial charge is 0.497 e. The van der Waals surface area contributed by atoms with Crippen LogP contribution in [0.15, 0.2) is 46.3 Å². The molecule has 1 aromatic carbocycles. The number of ether oxygens (including phenoxy) is 1. The summed E-state index contributed by atoms with van der Waals surface area (Å²) in [6.45, 7) is 0. The van der Waals surface area contributed by atoms with Crippen LogP contribution < -0.4 is 10.5 Å². The standard InChI is InChI=1S/C14H12N2O2S/c1-17-10-6-4-9(5-7-10)12-13(16-18-14(12)15)11-3-2-8-19-11/h2-8H,15H2,1H3. The van der Waals surface area contributed by atoms with Gasteiger partial charge in [-0.15, -0.1) is 11.3 Å². The van der Waals surface area contributed by atoms with Crippen LogP contribution >= 0.6 is 11.3 Å². The second-order valence-corrected chi connectivity index (χ2v) is 4.92. The summed E-state index contributed by atoms with van der Waals surface area (Å²) < 4.78 is 10.3. The lowest BCUT2D eigenvalue weighted by atomic mass is 10.0. The van der Waals surface area contributed by atoms with Crippen molar-refractivity contribution in [2.24, 2.45) is 0 Å². The fourth-order valence-corrected chi connectivity index (χ4v) is 2.63. The zero-order valence-electron chi connectivity index (χ0n) is 10.3.